The lowest BCUT2D eigenvalue weighted by Gasteiger charge is -2.39. The van der Waals surface area contributed by atoms with Crippen molar-refractivity contribution in [3.63, 3.8) is 0 Å². The highest BCUT2D eigenvalue weighted by Gasteiger charge is 2.41. The monoisotopic (exact) mass is 334 g/mol. The highest BCUT2D eigenvalue weighted by molar-refractivity contribution is 7.92. The lowest BCUT2D eigenvalue weighted by Crippen LogP contribution is -2.41. The number of rotatable bonds is 4. The van der Waals surface area contributed by atoms with Crippen LogP contribution in [0.25, 0.3) is 0 Å². The van der Waals surface area contributed by atoms with Crippen molar-refractivity contribution < 1.29 is 17.9 Å². The summed E-state index contributed by atoms with van der Waals surface area (Å²) in [7, 11) is -3.30. The maximum atomic E-state index is 12.3. The first-order valence-corrected chi connectivity index (χ1v) is 9.40. The Morgan fingerprint density at radius 3 is 2.74 bits per heavy atom. The van der Waals surface area contributed by atoms with Gasteiger partial charge in [-0.3, -0.25) is 4.31 Å². The minimum Gasteiger partial charge on any atom is -0.454 e. The van der Waals surface area contributed by atoms with E-state index in [0.29, 0.717) is 24.2 Å². The molecule has 1 heterocycles. The molecule has 0 radical (unpaired) electrons. The third-order valence-corrected chi connectivity index (χ3v) is 5.72. The summed E-state index contributed by atoms with van der Waals surface area (Å²) in [6.45, 7) is 0.394. The number of benzene rings is 1. The fraction of sp³-hybridized carbons (Fsp3) is 0.500. The number of nitriles is 1. The smallest absolute Gasteiger partial charge is 0.338 e. The molecule has 6 nitrogen and oxygen atoms in total. The molecule has 1 saturated carbocycles. The van der Waals surface area contributed by atoms with Gasteiger partial charge < -0.3 is 4.74 Å². The van der Waals surface area contributed by atoms with Crippen molar-refractivity contribution >= 4 is 21.7 Å². The molecule has 2 aliphatic rings. The lowest BCUT2D eigenvalue weighted by molar-refractivity contribution is -0.0590. The molecule has 0 amide bonds. The van der Waals surface area contributed by atoms with Crippen LogP contribution in [0.1, 0.15) is 41.6 Å². The van der Waals surface area contributed by atoms with Gasteiger partial charge in [0.25, 0.3) is 0 Å². The van der Waals surface area contributed by atoms with Gasteiger partial charge in [-0.1, -0.05) is 0 Å². The molecule has 0 bridgehead atoms. The minimum atomic E-state index is -3.30. The Kier molecular flexibility index (Phi) is 3.80. The fourth-order valence-electron chi connectivity index (χ4n) is 3.13. The first-order valence-electron chi connectivity index (χ1n) is 7.56. The molecule has 1 aliphatic heterocycles. The van der Waals surface area contributed by atoms with Crippen LogP contribution in [0, 0.1) is 11.3 Å². The van der Waals surface area contributed by atoms with E-state index in [2.05, 4.69) is 6.07 Å². The predicted octanol–water partition coefficient (Wildman–Crippen LogP) is 2.00. The number of carbonyl (C=O) groups excluding carboxylic acids is 1. The van der Waals surface area contributed by atoms with E-state index in [-0.39, 0.29) is 6.42 Å². The lowest BCUT2D eigenvalue weighted by atomic mass is 9.78. The van der Waals surface area contributed by atoms with E-state index in [9.17, 15) is 13.2 Å². The van der Waals surface area contributed by atoms with Crippen molar-refractivity contribution in [3.05, 3.63) is 29.3 Å². The van der Waals surface area contributed by atoms with E-state index in [0.717, 1.165) is 24.8 Å². The molecule has 1 aromatic carbocycles. The van der Waals surface area contributed by atoms with Crippen LogP contribution in [0.3, 0.4) is 0 Å². The molecule has 0 N–H and O–H groups in total. The Balaban J connectivity index is 1.81. The molecule has 0 aromatic heterocycles. The van der Waals surface area contributed by atoms with Gasteiger partial charge in [0.2, 0.25) is 10.0 Å². The molecule has 122 valence electrons. The molecule has 7 heteroatoms. The molecular weight excluding hydrogens is 316 g/mol. The molecule has 0 saturated heterocycles. The molecule has 23 heavy (non-hydrogen) atoms. The largest absolute Gasteiger partial charge is 0.454 e. The van der Waals surface area contributed by atoms with Gasteiger partial charge in [-0.25, -0.2) is 13.2 Å². The van der Waals surface area contributed by atoms with E-state index in [1.165, 1.54) is 10.6 Å². The van der Waals surface area contributed by atoms with Crippen LogP contribution >= 0.6 is 0 Å². The average Bonchev–Trinajstić information content (AvgIpc) is 2.87. The quantitative estimate of drug-likeness (QED) is 0.786. The third-order valence-electron chi connectivity index (χ3n) is 4.54. The Hall–Kier alpha value is -2.07. The SMILES string of the molecule is CS(=O)(=O)N1CCc2cc(C(=O)OC3(CC#N)CCC3)ccc21. The van der Waals surface area contributed by atoms with Crippen molar-refractivity contribution in [2.75, 3.05) is 17.1 Å². The van der Waals surface area contributed by atoms with Crippen molar-refractivity contribution in [2.24, 2.45) is 0 Å². The van der Waals surface area contributed by atoms with Crippen LogP contribution in [0.4, 0.5) is 5.69 Å². The number of hydrogen-bond donors (Lipinski definition) is 0. The maximum Gasteiger partial charge on any atom is 0.338 e. The summed E-state index contributed by atoms with van der Waals surface area (Å²) in [6, 6.07) is 7.01. The van der Waals surface area contributed by atoms with Gasteiger partial charge in [0.05, 0.1) is 30.0 Å². The number of nitrogens with zero attached hydrogens (tertiary/aromatic N) is 2. The third kappa shape index (κ3) is 2.91. The van der Waals surface area contributed by atoms with Crippen molar-refractivity contribution in [1.82, 2.24) is 0 Å². The summed E-state index contributed by atoms with van der Waals surface area (Å²) in [5.41, 5.74) is 1.22. The van der Waals surface area contributed by atoms with Crippen LogP contribution in [0.2, 0.25) is 0 Å². The van der Waals surface area contributed by atoms with E-state index in [1.54, 1.807) is 18.2 Å². The fourth-order valence-corrected chi connectivity index (χ4v) is 4.09. The zero-order chi connectivity index (χ0) is 16.7. The molecule has 0 spiro atoms. The van der Waals surface area contributed by atoms with Gasteiger partial charge in [-0.2, -0.15) is 5.26 Å². The van der Waals surface area contributed by atoms with E-state index in [1.807, 2.05) is 0 Å². The number of anilines is 1. The topological polar surface area (TPSA) is 87.5 Å². The second-order valence-corrected chi connectivity index (χ2v) is 8.10. The number of ether oxygens (including phenoxy) is 1. The summed E-state index contributed by atoms with van der Waals surface area (Å²) in [4.78, 5) is 12.3. The number of sulfonamides is 1. The Morgan fingerprint density at radius 2 is 2.17 bits per heavy atom. The first kappa shape index (κ1) is 15.8. The number of esters is 1. The number of fused-ring (bicyclic) bond motifs is 1. The zero-order valence-corrected chi connectivity index (χ0v) is 13.7. The maximum absolute atomic E-state index is 12.3. The number of hydrogen-bond acceptors (Lipinski definition) is 5. The summed E-state index contributed by atoms with van der Waals surface area (Å²) in [5.74, 6) is -0.444. The van der Waals surface area contributed by atoms with E-state index < -0.39 is 21.6 Å². The minimum absolute atomic E-state index is 0.214. The molecule has 1 fully saturated rings. The van der Waals surface area contributed by atoms with Crippen molar-refractivity contribution in [3.8, 4) is 6.07 Å². The molecule has 1 aromatic rings. The predicted molar refractivity (Wildman–Crippen MR) is 84.6 cm³/mol. The number of carbonyl (C=O) groups is 1. The van der Waals surface area contributed by atoms with Crippen LogP contribution in [0.15, 0.2) is 18.2 Å². The highest BCUT2D eigenvalue weighted by Crippen LogP contribution is 2.39. The zero-order valence-electron chi connectivity index (χ0n) is 12.9. The Bertz CT molecular complexity index is 791. The molecule has 0 unspecified atom stereocenters. The second kappa shape index (κ2) is 5.53. The molecule has 0 atom stereocenters. The van der Waals surface area contributed by atoms with E-state index >= 15 is 0 Å². The first-order chi connectivity index (χ1) is 10.8. The van der Waals surface area contributed by atoms with Gasteiger partial charge in [0.15, 0.2) is 0 Å². The summed E-state index contributed by atoms with van der Waals surface area (Å²) < 4.78 is 30.4. The van der Waals surface area contributed by atoms with Gasteiger partial charge in [-0.15, -0.1) is 0 Å². The van der Waals surface area contributed by atoms with Crippen LogP contribution in [0.5, 0.6) is 0 Å². The summed E-state index contributed by atoms with van der Waals surface area (Å²) in [5, 5.41) is 8.88. The molecular formula is C16H18N2O4S. The second-order valence-electron chi connectivity index (χ2n) is 6.19. The summed E-state index contributed by atoms with van der Waals surface area (Å²) in [6.07, 6.45) is 4.37. The molecule has 1 aliphatic carbocycles. The van der Waals surface area contributed by atoms with Crippen molar-refractivity contribution in [2.45, 2.75) is 37.7 Å². The van der Waals surface area contributed by atoms with Crippen LogP contribution in [-0.2, 0) is 21.2 Å². The van der Waals surface area contributed by atoms with Gasteiger partial charge >= 0.3 is 5.97 Å². The van der Waals surface area contributed by atoms with Gasteiger partial charge in [-0.05, 0) is 49.4 Å². The van der Waals surface area contributed by atoms with Crippen LogP contribution in [-0.4, -0.2) is 32.8 Å². The highest BCUT2D eigenvalue weighted by atomic mass is 32.2. The van der Waals surface area contributed by atoms with Crippen molar-refractivity contribution in [1.29, 1.82) is 5.26 Å². The standard InChI is InChI=1S/C16H18N2O4S/c1-23(20,21)18-10-5-12-11-13(3-4-14(12)18)15(19)22-16(8-9-17)6-2-7-16/h3-4,11H,2,5-8,10H2,1H3. The Labute approximate surface area is 135 Å². The average molecular weight is 334 g/mol. The molecule has 3 rings (SSSR count). The van der Waals surface area contributed by atoms with Gasteiger partial charge in [0, 0.05) is 6.54 Å². The normalized spacial score (nSPS) is 18.7. The van der Waals surface area contributed by atoms with E-state index in [4.69, 9.17) is 10.00 Å². The van der Waals surface area contributed by atoms with Gasteiger partial charge in [0.1, 0.15) is 5.60 Å². The van der Waals surface area contributed by atoms with Crippen LogP contribution < -0.4 is 4.31 Å². The summed E-state index contributed by atoms with van der Waals surface area (Å²) >= 11 is 0. The Morgan fingerprint density at radius 1 is 1.43 bits per heavy atom.